The van der Waals surface area contributed by atoms with Crippen molar-refractivity contribution in [2.24, 2.45) is 0 Å². The first-order chi connectivity index (χ1) is 7.51. The van der Waals surface area contributed by atoms with Crippen LogP contribution in [0.15, 0.2) is 12.7 Å². The number of hydrogen-bond donors (Lipinski definition) is 2. The van der Waals surface area contributed by atoms with Crippen LogP contribution >= 0.6 is 0 Å². The summed E-state index contributed by atoms with van der Waals surface area (Å²) < 4.78 is 4.80. The zero-order valence-electron chi connectivity index (χ0n) is 9.60. The molecule has 0 aliphatic heterocycles. The Kier molecular flexibility index (Phi) is 6.95. The van der Waals surface area contributed by atoms with Crippen molar-refractivity contribution in [3.63, 3.8) is 0 Å². The van der Waals surface area contributed by atoms with E-state index in [1.165, 1.54) is 12.0 Å². The molecule has 0 rings (SSSR count). The van der Waals surface area contributed by atoms with E-state index >= 15 is 0 Å². The van der Waals surface area contributed by atoms with E-state index in [0.717, 1.165) is 0 Å². The Morgan fingerprint density at radius 2 is 2.25 bits per heavy atom. The number of ether oxygens (including phenoxy) is 1. The van der Waals surface area contributed by atoms with Crippen LogP contribution in [0, 0.1) is 0 Å². The second-order valence-electron chi connectivity index (χ2n) is 3.28. The van der Waals surface area contributed by atoms with E-state index in [1.807, 2.05) is 0 Å². The van der Waals surface area contributed by atoms with Crippen LogP contribution in [0.25, 0.3) is 0 Å². The molecule has 0 saturated heterocycles. The monoisotopic (exact) mass is 230 g/mol. The minimum absolute atomic E-state index is 0.202. The van der Waals surface area contributed by atoms with Gasteiger partial charge in [0, 0.05) is 19.7 Å². The summed E-state index contributed by atoms with van der Waals surface area (Å²) in [4.78, 5) is 23.3. The van der Waals surface area contributed by atoms with Gasteiger partial charge in [0.1, 0.15) is 6.54 Å². The van der Waals surface area contributed by atoms with Crippen molar-refractivity contribution >= 4 is 12.0 Å². The van der Waals surface area contributed by atoms with E-state index in [1.54, 1.807) is 13.0 Å². The summed E-state index contributed by atoms with van der Waals surface area (Å²) >= 11 is 0. The summed E-state index contributed by atoms with van der Waals surface area (Å²) in [7, 11) is 1.49. The lowest BCUT2D eigenvalue weighted by Crippen LogP contribution is -2.46. The molecule has 6 heteroatoms. The van der Waals surface area contributed by atoms with Gasteiger partial charge in [0.25, 0.3) is 0 Å². The van der Waals surface area contributed by atoms with Crippen molar-refractivity contribution in [1.82, 2.24) is 10.2 Å². The molecule has 1 atom stereocenters. The number of carbonyl (C=O) groups excluding carboxylic acids is 1. The van der Waals surface area contributed by atoms with Gasteiger partial charge in [-0.2, -0.15) is 0 Å². The lowest BCUT2D eigenvalue weighted by molar-refractivity contribution is -0.137. The molecular weight excluding hydrogens is 212 g/mol. The van der Waals surface area contributed by atoms with Crippen molar-refractivity contribution in [1.29, 1.82) is 0 Å². The molecule has 0 aromatic heterocycles. The second-order valence-corrected chi connectivity index (χ2v) is 3.28. The van der Waals surface area contributed by atoms with Crippen LogP contribution in [0.3, 0.4) is 0 Å². The molecule has 6 nitrogen and oxygen atoms in total. The number of amides is 2. The highest BCUT2D eigenvalue weighted by Gasteiger charge is 2.16. The molecule has 0 bridgehead atoms. The number of aliphatic carboxylic acids is 1. The standard InChI is InChI=1S/C10H18N2O4/c1-4-8(2)11-10(15)12(5-6-16-3)7-9(13)14/h4,8H,1,5-7H2,2-3H3,(H,11,15)(H,13,14). The summed E-state index contributed by atoms with van der Waals surface area (Å²) in [5.74, 6) is -1.06. The molecule has 0 spiro atoms. The first-order valence-corrected chi connectivity index (χ1v) is 4.90. The van der Waals surface area contributed by atoms with Crippen molar-refractivity contribution in [2.45, 2.75) is 13.0 Å². The lowest BCUT2D eigenvalue weighted by atomic mass is 10.3. The number of carboxylic acids is 1. The fourth-order valence-electron chi connectivity index (χ4n) is 0.962. The minimum Gasteiger partial charge on any atom is -0.480 e. The number of urea groups is 1. The summed E-state index contributed by atoms with van der Waals surface area (Å²) in [6.07, 6.45) is 1.56. The van der Waals surface area contributed by atoms with Gasteiger partial charge in [-0.15, -0.1) is 6.58 Å². The topological polar surface area (TPSA) is 78.9 Å². The fourth-order valence-corrected chi connectivity index (χ4v) is 0.962. The van der Waals surface area contributed by atoms with Gasteiger partial charge in [0.05, 0.1) is 6.61 Å². The Balaban J connectivity index is 4.30. The number of rotatable bonds is 7. The number of nitrogens with zero attached hydrogens (tertiary/aromatic N) is 1. The molecular formula is C10H18N2O4. The number of nitrogens with one attached hydrogen (secondary N) is 1. The third-order valence-corrected chi connectivity index (χ3v) is 1.88. The van der Waals surface area contributed by atoms with Crippen molar-refractivity contribution in [3.8, 4) is 0 Å². The fraction of sp³-hybridized carbons (Fsp3) is 0.600. The molecule has 0 aromatic carbocycles. The third kappa shape index (κ3) is 6.02. The van der Waals surface area contributed by atoms with Gasteiger partial charge in [0.2, 0.25) is 0 Å². The summed E-state index contributed by atoms with van der Waals surface area (Å²) in [6.45, 7) is 5.45. The minimum atomic E-state index is -1.06. The van der Waals surface area contributed by atoms with Crippen molar-refractivity contribution in [3.05, 3.63) is 12.7 Å². The zero-order chi connectivity index (χ0) is 12.6. The van der Waals surface area contributed by atoms with Gasteiger partial charge in [-0.1, -0.05) is 6.08 Å². The molecule has 16 heavy (non-hydrogen) atoms. The van der Waals surface area contributed by atoms with Gasteiger partial charge in [-0.05, 0) is 6.92 Å². The molecule has 1 unspecified atom stereocenters. The Morgan fingerprint density at radius 3 is 2.69 bits per heavy atom. The van der Waals surface area contributed by atoms with Gasteiger partial charge in [0.15, 0.2) is 0 Å². The second kappa shape index (κ2) is 7.70. The van der Waals surface area contributed by atoms with E-state index in [-0.39, 0.29) is 19.1 Å². The average Bonchev–Trinajstić information content (AvgIpc) is 2.23. The number of carboxylic acid groups (broad SMARTS) is 1. The molecule has 0 aliphatic carbocycles. The van der Waals surface area contributed by atoms with Gasteiger partial charge < -0.3 is 20.1 Å². The third-order valence-electron chi connectivity index (χ3n) is 1.88. The maximum atomic E-state index is 11.6. The normalized spacial score (nSPS) is 11.6. The van der Waals surface area contributed by atoms with E-state index in [0.29, 0.717) is 6.61 Å². The smallest absolute Gasteiger partial charge is 0.323 e. The van der Waals surface area contributed by atoms with Crippen molar-refractivity contribution < 1.29 is 19.4 Å². The molecule has 0 aromatic rings. The van der Waals surface area contributed by atoms with Crippen LogP contribution in [-0.4, -0.2) is 54.9 Å². The number of hydrogen-bond acceptors (Lipinski definition) is 3. The van der Waals surface area contributed by atoms with E-state index < -0.39 is 12.0 Å². The van der Waals surface area contributed by atoms with Gasteiger partial charge in [-0.25, -0.2) is 4.79 Å². The van der Waals surface area contributed by atoms with Crippen LogP contribution < -0.4 is 5.32 Å². The molecule has 0 fully saturated rings. The maximum absolute atomic E-state index is 11.6. The van der Waals surface area contributed by atoms with Crippen LogP contribution in [-0.2, 0) is 9.53 Å². The molecule has 92 valence electrons. The van der Waals surface area contributed by atoms with E-state index in [2.05, 4.69) is 11.9 Å². The lowest BCUT2D eigenvalue weighted by Gasteiger charge is -2.22. The predicted molar refractivity (Wildman–Crippen MR) is 59.3 cm³/mol. The van der Waals surface area contributed by atoms with Crippen LogP contribution in [0.2, 0.25) is 0 Å². The average molecular weight is 230 g/mol. The SMILES string of the molecule is C=CC(C)NC(=O)N(CCOC)CC(=O)O. The molecule has 0 saturated carbocycles. The first kappa shape index (κ1) is 14.4. The Morgan fingerprint density at radius 1 is 1.62 bits per heavy atom. The summed E-state index contributed by atoms with van der Waals surface area (Å²) in [5.41, 5.74) is 0. The molecule has 2 amide bonds. The quantitative estimate of drug-likeness (QED) is 0.617. The van der Waals surface area contributed by atoms with Crippen LogP contribution in [0.1, 0.15) is 6.92 Å². The highest BCUT2D eigenvalue weighted by molar-refractivity contribution is 5.80. The van der Waals surface area contributed by atoms with Crippen LogP contribution in [0.5, 0.6) is 0 Å². The van der Waals surface area contributed by atoms with Crippen molar-refractivity contribution in [2.75, 3.05) is 26.8 Å². The van der Waals surface area contributed by atoms with E-state index in [4.69, 9.17) is 9.84 Å². The highest BCUT2D eigenvalue weighted by Crippen LogP contribution is 1.93. The molecule has 2 N–H and O–H groups in total. The van der Waals surface area contributed by atoms with E-state index in [9.17, 15) is 9.59 Å². The molecule has 0 heterocycles. The van der Waals surface area contributed by atoms with Gasteiger partial charge in [-0.3, -0.25) is 4.79 Å². The number of carbonyl (C=O) groups is 2. The Bertz CT molecular complexity index is 255. The molecule has 0 aliphatic rings. The predicted octanol–water partition coefficient (Wildman–Crippen LogP) is 0.303. The molecule has 0 radical (unpaired) electrons. The highest BCUT2D eigenvalue weighted by atomic mass is 16.5. The largest absolute Gasteiger partial charge is 0.480 e. The van der Waals surface area contributed by atoms with Crippen LogP contribution in [0.4, 0.5) is 4.79 Å². The summed E-state index contributed by atoms with van der Waals surface area (Å²) in [6, 6.07) is -0.641. The zero-order valence-corrected chi connectivity index (χ0v) is 9.60. The first-order valence-electron chi connectivity index (χ1n) is 4.90. The Hall–Kier alpha value is -1.56. The number of methoxy groups -OCH3 is 1. The summed E-state index contributed by atoms with van der Waals surface area (Å²) in [5, 5.41) is 11.2. The maximum Gasteiger partial charge on any atom is 0.323 e. The van der Waals surface area contributed by atoms with Gasteiger partial charge >= 0.3 is 12.0 Å². The Labute approximate surface area is 94.9 Å².